The Balaban J connectivity index is 2.72. The standard InChI is InChI=1S/C9H8ClN3O5/c10-6-3-5(1-2-7(6)13(16)17)9(15)12-18-4-8(11)14/h1-3H,4H2,(H2,11,14)(H,12,15). The average Bonchev–Trinajstić information content (AvgIpc) is 2.27. The highest BCUT2D eigenvalue weighted by Crippen LogP contribution is 2.24. The minimum absolute atomic E-state index is 0.0510. The summed E-state index contributed by atoms with van der Waals surface area (Å²) in [6.07, 6.45) is 0. The van der Waals surface area contributed by atoms with E-state index in [0.29, 0.717) is 0 Å². The van der Waals surface area contributed by atoms with Gasteiger partial charge < -0.3 is 5.73 Å². The van der Waals surface area contributed by atoms with E-state index in [0.717, 1.165) is 12.1 Å². The number of nitrogens with two attached hydrogens (primary N) is 1. The fourth-order valence-electron chi connectivity index (χ4n) is 1.03. The summed E-state index contributed by atoms with van der Waals surface area (Å²) in [6.45, 7) is -0.480. The van der Waals surface area contributed by atoms with E-state index in [4.69, 9.17) is 17.3 Å². The molecule has 2 amide bonds. The second kappa shape index (κ2) is 5.94. The van der Waals surface area contributed by atoms with E-state index in [1.807, 2.05) is 5.48 Å². The Labute approximate surface area is 106 Å². The maximum Gasteiger partial charge on any atom is 0.287 e. The number of benzene rings is 1. The van der Waals surface area contributed by atoms with E-state index >= 15 is 0 Å². The molecule has 1 aromatic carbocycles. The highest BCUT2D eigenvalue weighted by Gasteiger charge is 2.15. The number of hydrogen-bond acceptors (Lipinski definition) is 5. The minimum Gasteiger partial charge on any atom is -0.368 e. The van der Waals surface area contributed by atoms with E-state index < -0.39 is 23.3 Å². The minimum atomic E-state index is -0.753. The Hall–Kier alpha value is -2.19. The zero-order chi connectivity index (χ0) is 13.7. The lowest BCUT2D eigenvalue weighted by Gasteiger charge is -2.04. The van der Waals surface area contributed by atoms with Gasteiger partial charge in [0.05, 0.1) is 4.92 Å². The molecule has 0 aromatic heterocycles. The lowest BCUT2D eigenvalue weighted by molar-refractivity contribution is -0.384. The average molecular weight is 274 g/mol. The van der Waals surface area contributed by atoms with Crippen LogP contribution in [0.15, 0.2) is 18.2 Å². The predicted octanol–water partition coefficient (Wildman–Crippen LogP) is 0.395. The van der Waals surface area contributed by atoms with Crippen molar-refractivity contribution in [2.24, 2.45) is 5.73 Å². The maximum absolute atomic E-state index is 11.4. The second-order valence-electron chi connectivity index (χ2n) is 3.11. The van der Waals surface area contributed by atoms with Crippen LogP contribution >= 0.6 is 11.6 Å². The summed E-state index contributed by atoms with van der Waals surface area (Å²) in [5, 5.41) is 10.3. The Morgan fingerprint density at radius 2 is 2.17 bits per heavy atom. The van der Waals surface area contributed by atoms with Crippen molar-refractivity contribution < 1.29 is 19.3 Å². The van der Waals surface area contributed by atoms with Crippen molar-refractivity contribution in [2.75, 3.05) is 6.61 Å². The first-order valence-corrected chi connectivity index (χ1v) is 4.94. The summed E-state index contributed by atoms with van der Waals surface area (Å²) in [6, 6.07) is 3.40. The summed E-state index contributed by atoms with van der Waals surface area (Å²) in [7, 11) is 0. The van der Waals surface area contributed by atoms with Crippen LogP contribution in [0.1, 0.15) is 10.4 Å². The third kappa shape index (κ3) is 3.68. The number of rotatable bonds is 5. The molecule has 9 heteroatoms. The predicted molar refractivity (Wildman–Crippen MR) is 60.7 cm³/mol. The molecule has 0 saturated carbocycles. The topological polar surface area (TPSA) is 125 Å². The number of hydroxylamine groups is 1. The van der Waals surface area contributed by atoms with Gasteiger partial charge in [-0.2, -0.15) is 0 Å². The van der Waals surface area contributed by atoms with Gasteiger partial charge in [0, 0.05) is 11.6 Å². The molecule has 0 aliphatic heterocycles. The molecule has 0 atom stereocenters. The van der Waals surface area contributed by atoms with Crippen LogP contribution in [-0.2, 0) is 9.63 Å². The van der Waals surface area contributed by atoms with Gasteiger partial charge in [0.15, 0.2) is 6.61 Å². The lowest BCUT2D eigenvalue weighted by Crippen LogP contribution is -2.29. The van der Waals surface area contributed by atoms with Crippen molar-refractivity contribution in [1.82, 2.24) is 5.48 Å². The summed E-state index contributed by atoms with van der Waals surface area (Å²) in [4.78, 5) is 36.1. The van der Waals surface area contributed by atoms with E-state index in [1.54, 1.807) is 0 Å². The van der Waals surface area contributed by atoms with Gasteiger partial charge in [-0.1, -0.05) is 11.6 Å². The largest absolute Gasteiger partial charge is 0.368 e. The van der Waals surface area contributed by atoms with Crippen LogP contribution in [0.25, 0.3) is 0 Å². The van der Waals surface area contributed by atoms with E-state index in [9.17, 15) is 19.7 Å². The molecule has 0 aliphatic carbocycles. The SMILES string of the molecule is NC(=O)CONC(=O)c1ccc([N+](=O)[O-])c(Cl)c1. The number of primary amides is 1. The number of nitrogens with one attached hydrogen (secondary N) is 1. The monoisotopic (exact) mass is 273 g/mol. The molecule has 3 N–H and O–H groups in total. The zero-order valence-electron chi connectivity index (χ0n) is 8.88. The molecule has 0 saturated heterocycles. The van der Waals surface area contributed by atoms with Crippen molar-refractivity contribution >= 4 is 29.1 Å². The number of halogens is 1. The van der Waals surface area contributed by atoms with Crippen LogP contribution in [0.2, 0.25) is 5.02 Å². The van der Waals surface area contributed by atoms with Gasteiger partial charge in [-0.05, 0) is 12.1 Å². The van der Waals surface area contributed by atoms with Crippen molar-refractivity contribution in [2.45, 2.75) is 0 Å². The molecule has 0 aliphatic rings. The first-order chi connectivity index (χ1) is 8.41. The van der Waals surface area contributed by atoms with E-state index in [2.05, 4.69) is 4.84 Å². The summed E-state index contributed by atoms with van der Waals surface area (Å²) >= 11 is 5.62. The summed E-state index contributed by atoms with van der Waals surface area (Å²) < 4.78 is 0. The van der Waals surface area contributed by atoms with Gasteiger partial charge in [0.2, 0.25) is 5.91 Å². The number of carbonyl (C=O) groups excluding carboxylic acids is 2. The number of hydrogen-bond donors (Lipinski definition) is 2. The van der Waals surface area contributed by atoms with Crippen LogP contribution in [-0.4, -0.2) is 23.3 Å². The Morgan fingerprint density at radius 1 is 1.50 bits per heavy atom. The molecule has 0 fully saturated rings. The molecule has 8 nitrogen and oxygen atoms in total. The molecule has 0 radical (unpaired) electrons. The zero-order valence-corrected chi connectivity index (χ0v) is 9.64. The van der Waals surface area contributed by atoms with E-state index in [1.165, 1.54) is 6.07 Å². The molecule has 1 rings (SSSR count). The number of nitro groups is 1. The van der Waals surface area contributed by atoms with Crippen LogP contribution in [0.5, 0.6) is 0 Å². The fourth-order valence-corrected chi connectivity index (χ4v) is 1.28. The molecular formula is C9H8ClN3O5. The van der Waals surface area contributed by atoms with Crippen LogP contribution in [0.3, 0.4) is 0 Å². The van der Waals surface area contributed by atoms with Gasteiger partial charge in [0.1, 0.15) is 5.02 Å². The number of carbonyl (C=O) groups is 2. The number of nitrogens with zero attached hydrogens (tertiary/aromatic N) is 1. The summed E-state index contributed by atoms with van der Waals surface area (Å²) in [5.74, 6) is -1.45. The van der Waals surface area contributed by atoms with Crippen molar-refractivity contribution in [3.8, 4) is 0 Å². The molecule has 96 valence electrons. The van der Waals surface area contributed by atoms with Crippen LogP contribution in [0, 0.1) is 10.1 Å². The maximum atomic E-state index is 11.4. The van der Waals surface area contributed by atoms with Crippen molar-refractivity contribution in [1.29, 1.82) is 0 Å². The van der Waals surface area contributed by atoms with Gasteiger partial charge in [-0.3, -0.25) is 24.5 Å². The number of nitro benzene ring substituents is 1. The first kappa shape index (κ1) is 13.9. The molecule has 0 heterocycles. The molecule has 0 unspecified atom stereocenters. The van der Waals surface area contributed by atoms with Crippen LogP contribution in [0.4, 0.5) is 5.69 Å². The number of amides is 2. The Bertz CT molecular complexity index is 505. The first-order valence-electron chi connectivity index (χ1n) is 4.56. The normalized spacial score (nSPS) is 9.83. The highest BCUT2D eigenvalue weighted by molar-refractivity contribution is 6.33. The third-order valence-electron chi connectivity index (χ3n) is 1.79. The van der Waals surface area contributed by atoms with Gasteiger partial charge >= 0.3 is 0 Å². The van der Waals surface area contributed by atoms with Crippen molar-refractivity contribution in [3.63, 3.8) is 0 Å². The summed E-state index contributed by atoms with van der Waals surface area (Å²) in [5.41, 5.74) is 6.46. The second-order valence-corrected chi connectivity index (χ2v) is 3.52. The smallest absolute Gasteiger partial charge is 0.287 e. The van der Waals surface area contributed by atoms with Crippen LogP contribution < -0.4 is 11.2 Å². The highest BCUT2D eigenvalue weighted by atomic mass is 35.5. The third-order valence-corrected chi connectivity index (χ3v) is 2.09. The molecule has 1 aromatic rings. The Kier molecular flexibility index (Phi) is 4.58. The van der Waals surface area contributed by atoms with Gasteiger partial charge in [-0.15, -0.1) is 0 Å². The molecule has 0 bridgehead atoms. The van der Waals surface area contributed by atoms with E-state index in [-0.39, 0.29) is 16.3 Å². The Morgan fingerprint density at radius 3 is 2.67 bits per heavy atom. The van der Waals surface area contributed by atoms with Gasteiger partial charge in [0.25, 0.3) is 11.6 Å². The quantitative estimate of drug-likeness (QED) is 0.593. The fraction of sp³-hybridized carbons (Fsp3) is 0.111. The molecule has 0 spiro atoms. The van der Waals surface area contributed by atoms with Crippen molar-refractivity contribution in [3.05, 3.63) is 38.9 Å². The lowest BCUT2D eigenvalue weighted by atomic mass is 10.2. The molecular weight excluding hydrogens is 266 g/mol. The van der Waals surface area contributed by atoms with Gasteiger partial charge in [-0.25, -0.2) is 5.48 Å². The molecule has 18 heavy (non-hydrogen) atoms.